The van der Waals surface area contributed by atoms with Gasteiger partial charge < -0.3 is 10.1 Å². The number of thiazole rings is 1. The smallest absolute Gasteiger partial charge is 0.357 e. The van der Waals surface area contributed by atoms with Gasteiger partial charge in [-0.05, 0) is 23.6 Å². The van der Waals surface area contributed by atoms with Gasteiger partial charge in [0.25, 0.3) is 0 Å². The molecule has 0 radical (unpaired) electrons. The Morgan fingerprint density at radius 3 is 2.89 bits per heavy atom. The zero-order chi connectivity index (χ0) is 13.8. The van der Waals surface area contributed by atoms with Gasteiger partial charge in [0, 0.05) is 11.1 Å². The van der Waals surface area contributed by atoms with Crippen molar-refractivity contribution in [2.45, 2.75) is 19.8 Å². The van der Waals surface area contributed by atoms with E-state index in [0.29, 0.717) is 16.7 Å². The van der Waals surface area contributed by atoms with E-state index >= 15 is 0 Å². The van der Waals surface area contributed by atoms with E-state index in [2.05, 4.69) is 41.0 Å². The summed E-state index contributed by atoms with van der Waals surface area (Å²) in [4.78, 5) is 15.5. The fourth-order valence-electron chi connectivity index (χ4n) is 1.63. The molecule has 1 aromatic carbocycles. The maximum Gasteiger partial charge on any atom is 0.357 e. The summed E-state index contributed by atoms with van der Waals surface area (Å²) >= 11 is 1.38. The number of hydrogen-bond acceptors (Lipinski definition) is 5. The number of anilines is 2. The first-order chi connectivity index (χ1) is 9.10. The number of nitrogens with zero attached hydrogens (tertiary/aromatic N) is 1. The van der Waals surface area contributed by atoms with Crippen molar-refractivity contribution in [2.24, 2.45) is 0 Å². The van der Waals surface area contributed by atoms with Crippen LogP contribution in [0.2, 0.25) is 0 Å². The topological polar surface area (TPSA) is 51.2 Å². The van der Waals surface area contributed by atoms with Crippen LogP contribution >= 0.6 is 11.3 Å². The number of carbonyl (C=O) groups is 1. The molecule has 0 unspecified atom stereocenters. The second kappa shape index (κ2) is 5.84. The van der Waals surface area contributed by atoms with Crippen molar-refractivity contribution in [1.29, 1.82) is 0 Å². The van der Waals surface area contributed by atoms with Crippen molar-refractivity contribution in [2.75, 3.05) is 12.4 Å². The summed E-state index contributed by atoms with van der Waals surface area (Å²) in [5.74, 6) is 0.0592. The molecular formula is C14H16N2O2S. The van der Waals surface area contributed by atoms with Crippen LogP contribution in [0.1, 0.15) is 35.8 Å². The second-order valence-corrected chi connectivity index (χ2v) is 5.29. The summed E-state index contributed by atoms with van der Waals surface area (Å²) in [6, 6.07) is 8.17. The summed E-state index contributed by atoms with van der Waals surface area (Å²) in [5, 5.41) is 5.56. The standard InChI is InChI=1S/C14H16N2O2S/c1-9(2)10-5-4-6-11(7-10)15-14-16-12(8-19-14)13(17)18-3/h4-9H,1-3H3,(H,15,16). The molecule has 100 valence electrons. The maximum atomic E-state index is 11.3. The zero-order valence-electron chi connectivity index (χ0n) is 11.1. The summed E-state index contributed by atoms with van der Waals surface area (Å²) in [6.07, 6.45) is 0. The van der Waals surface area contributed by atoms with Gasteiger partial charge in [-0.2, -0.15) is 0 Å². The molecule has 4 nitrogen and oxygen atoms in total. The summed E-state index contributed by atoms with van der Waals surface area (Å²) in [5.41, 5.74) is 2.56. The van der Waals surface area contributed by atoms with E-state index in [1.54, 1.807) is 5.38 Å². The molecule has 0 aliphatic heterocycles. The van der Waals surface area contributed by atoms with Crippen LogP contribution in [0.4, 0.5) is 10.8 Å². The highest BCUT2D eigenvalue weighted by atomic mass is 32.1. The molecule has 2 aromatic rings. The summed E-state index contributed by atoms with van der Waals surface area (Å²) < 4.78 is 4.63. The van der Waals surface area contributed by atoms with Crippen LogP contribution in [0.5, 0.6) is 0 Å². The molecule has 1 heterocycles. The quantitative estimate of drug-likeness (QED) is 0.863. The first-order valence-electron chi connectivity index (χ1n) is 6.01. The van der Waals surface area contributed by atoms with Crippen molar-refractivity contribution in [1.82, 2.24) is 4.98 Å². The Balaban J connectivity index is 2.15. The number of methoxy groups -OCH3 is 1. The van der Waals surface area contributed by atoms with Crippen LogP contribution in [0.15, 0.2) is 29.6 Å². The van der Waals surface area contributed by atoms with Crippen molar-refractivity contribution in [3.05, 3.63) is 40.9 Å². The highest BCUT2D eigenvalue weighted by Gasteiger charge is 2.10. The van der Waals surface area contributed by atoms with Crippen LogP contribution in [0.25, 0.3) is 0 Å². The molecule has 19 heavy (non-hydrogen) atoms. The number of rotatable bonds is 4. The Hall–Kier alpha value is -1.88. The largest absolute Gasteiger partial charge is 0.464 e. The van der Waals surface area contributed by atoms with Gasteiger partial charge in [0.15, 0.2) is 10.8 Å². The SMILES string of the molecule is COC(=O)c1csc(Nc2cccc(C(C)C)c2)n1. The monoisotopic (exact) mass is 276 g/mol. The van der Waals surface area contributed by atoms with Crippen molar-refractivity contribution >= 4 is 28.1 Å². The molecule has 0 fully saturated rings. The minimum Gasteiger partial charge on any atom is -0.464 e. The molecule has 0 amide bonds. The number of aromatic nitrogens is 1. The predicted octanol–water partition coefficient (Wildman–Crippen LogP) is 3.80. The van der Waals surface area contributed by atoms with Gasteiger partial charge in [-0.3, -0.25) is 0 Å². The fourth-order valence-corrected chi connectivity index (χ4v) is 2.33. The lowest BCUT2D eigenvalue weighted by Gasteiger charge is -2.08. The molecule has 0 bridgehead atoms. The molecule has 0 saturated carbocycles. The molecule has 0 spiro atoms. The van der Waals surface area contributed by atoms with Crippen LogP contribution in [0, 0.1) is 0 Å². The zero-order valence-corrected chi connectivity index (χ0v) is 12.0. The Morgan fingerprint density at radius 2 is 2.21 bits per heavy atom. The third-order valence-corrected chi connectivity index (χ3v) is 3.46. The van der Waals surface area contributed by atoms with E-state index in [-0.39, 0.29) is 0 Å². The summed E-state index contributed by atoms with van der Waals surface area (Å²) in [7, 11) is 1.35. The fraction of sp³-hybridized carbons (Fsp3) is 0.286. The van der Waals surface area contributed by atoms with E-state index in [4.69, 9.17) is 0 Å². The first kappa shape index (κ1) is 13.5. The molecule has 0 aliphatic carbocycles. The average Bonchev–Trinajstić information content (AvgIpc) is 2.86. The summed E-state index contributed by atoms with van der Waals surface area (Å²) in [6.45, 7) is 4.30. The van der Waals surface area contributed by atoms with Gasteiger partial charge >= 0.3 is 5.97 Å². The van der Waals surface area contributed by atoms with E-state index in [0.717, 1.165) is 5.69 Å². The Bertz CT molecular complexity index is 578. The Morgan fingerprint density at radius 1 is 1.42 bits per heavy atom. The van der Waals surface area contributed by atoms with Crippen LogP contribution in [-0.4, -0.2) is 18.1 Å². The highest BCUT2D eigenvalue weighted by molar-refractivity contribution is 7.14. The average molecular weight is 276 g/mol. The Labute approximate surface area is 116 Å². The maximum absolute atomic E-state index is 11.3. The lowest BCUT2D eigenvalue weighted by molar-refractivity contribution is 0.0595. The minimum absolute atomic E-state index is 0.329. The number of ether oxygens (including phenoxy) is 1. The van der Waals surface area contributed by atoms with Crippen molar-refractivity contribution in [3.63, 3.8) is 0 Å². The second-order valence-electron chi connectivity index (χ2n) is 4.43. The van der Waals surface area contributed by atoms with Crippen molar-refractivity contribution in [3.8, 4) is 0 Å². The molecule has 0 saturated heterocycles. The molecule has 0 atom stereocenters. The van der Waals surface area contributed by atoms with E-state index in [1.165, 1.54) is 24.0 Å². The number of esters is 1. The van der Waals surface area contributed by atoms with Crippen LogP contribution in [0.3, 0.4) is 0 Å². The lowest BCUT2D eigenvalue weighted by Crippen LogP contribution is -2.01. The number of benzene rings is 1. The molecule has 1 N–H and O–H groups in total. The third-order valence-electron chi connectivity index (χ3n) is 2.70. The van der Waals surface area contributed by atoms with Crippen molar-refractivity contribution < 1.29 is 9.53 Å². The molecule has 0 aliphatic rings. The van der Waals surface area contributed by atoms with Gasteiger partial charge in [-0.15, -0.1) is 11.3 Å². The van der Waals surface area contributed by atoms with Gasteiger partial charge in [0.1, 0.15) is 0 Å². The molecule has 2 rings (SSSR count). The Kier molecular flexibility index (Phi) is 4.16. The van der Waals surface area contributed by atoms with E-state index in [9.17, 15) is 4.79 Å². The number of hydrogen-bond donors (Lipinski definition) is 1. The van der Waals surface area contributed by atoms with Crippen LogP contribution < -0.4 is 5.32 Å². The third kappa shape index (κ3) is 3.32. The molecule has 5 heteroatoms. The number of carbonyl (C=O) groups excluding carboxylic acids is 1. The van der Waals surface area contributed by atoms with Gasteiger partial charge in [-0.25, -0.2) is 9.78 Å². The highest BCUT2D eigenvalue weighted by Crippen LogP contribution is 2.24. The van der Waals surface area contributed by atoms with Gasteiger partial charge in [-0.1, -0.05) is 26.0 Å². The number of nitrogens with one attached hydrogen (secondary N) is 1. The normalized spacial score (nSPS) is 10.5. The lowest BCUT2D eigenvalue weighted by atomic mass is 10.0. The van der Waals surface area contributed by atoms with Gasteiger partial charge in [0.05, 0.1) is 7.11 Å². The molecular weight excluding hydrogens is 260 g/mol. The van der Waals surface area contributed by atoms with E-state index < -0.39 is 5.97 Å². The molecule has 1 aromatic heterocycles. The van der Waals surface area contributed by atoms with E-state index in [1.807, 2.05) is 12.1 Å². The minimum atomic E-state index is -0.416. The first-order valence-corrected chi connectivity index (χ1v) is 6.89. The predicted molar refractivity (Wildman–Crippen MR) is 77.3 cm³/mol. The van der Waals surface area contributed by atoms with Crippen LogP contribution in [-0.2, 0) is 4.74 Å². The van der Waals surface area contributed by atoms with Gasteiger partial charge in [0.2, 0.25) is 0 Å².